The van der Waals surface area contributed by atoms with Crippen LogP contribution in [0.2, 0.25) is 30.1 Å². The zero-order valence-corrected chi connectivity index (χ0v) is 20.1. The predicted molar refractivity (Wildman–Crippen MR) is 130 cm³/mol. The molecule has 0 saturated carbocycles. The van der Waals surface area contributed by atoms with E-state index in [1.807, 2.05) is 6.07 Å². The quantitative estimate of drug-likeness (QED) is 0.323. The lowest BCUT2D eigenvalue weighted by atomic mass is 10.1. The third kappa shape index (κ3) is 4.85. The van der Waals surface area contributed by atoms with Gasteiger partial charge in [-0.1, -0.05) is 69.6 Å². The van der Waals surface area contributed by atoms with Crippen molar-refractivity contribution in [3.05, 3.63) is 83.2 Å². The van der Waals surface area contributed by atoms with Gasteiger partial charge in [-0.3, -0.25) is 4.79 Å². The number of carbonyl (C=O) groups is 1. The molecule has 3 rings (SSSR count). The summed E-state index contributed by atoms with van der Waals surface area (Å²) in [5.74, 6) is -0.456. The van der Waals surface area contributed by atoms with Crippen molar-refractivity contribution >= 4 is 92.6 Å². The summed E-state index contributed by atoms with van der Waals surface area (Å²) in [4.78, 5) is 12.6. The van der Waals surface area contributed by atoms with Gasteiger partial charge in [-0.25, -0.2) is 0 Å². The summed E-state index contributed by atoms with van der Waals surface area (Å²) >= 11 is 37.1. The number of hydrogen-bond acceptors (Lipinski definition) is 4. The monoisotopic (exact) mass is 542 g/mol. The number of halogens is 6. The first-order chi connectivity index (χ1) is 15.2. The van der Waals surface area contributed by atoms with Crippen LogP contribution < -0.4 is 10.6 Å². The molecule has 11 heteroatoms. The van der Waals surface area contributed by atoms with Gasteiger partial charge in [0.2, 0.25) is 0 Å². The van der Waals surface area contributed by atoms with Crippen molar-refractivity contribution in [2.24, 2.45) is 0 Å². The Balaban J connectivity index is 1.98. The predicted octanol–water partition coefficient (Wildman–Crippen LogP) is 8.35. The van der Waals surface area contributed by atoms with E-state index in [9.17, 15) is 15.3 Å². The molecule has 3 aromatic rings. The summed E-state index contributed by atoms with van der Waals surface area (Å²) in [5, 5.41) is 24.5. The SMILES string of the molecule is N#Cc1c(Cl)c(Cl)c(Nc2c(Cl)cc(C(=O)Nc3ccc(Cl)cc3)cc2Cl)c(C#N)c1Cl. The highest BCUT2D eigenvalue weighted by Gasteiger charge is 2.23. The molecule has 0 aliphatic rings. The van der Waals surface area contributed by atoms with E-state index >= 15 is 0 Å². The second-order valence-electron chi connectivity index (χ2n) is 6.19. The van der Waals surface area contributed by atoms with Gasteiger partial charge in [0.1, 0.15) is 12.1 Å². The van der Waals surface area contributed by atoms with Crippen LogP contribution >= 0.6 is 69.6 Å². The molecule has 0 heterocycles. The molecule has 0 bridgehead atoms. The lowest BCUT2D eigenvalue weighted by Gasteiger charge is -2.17. The minimum atomic E-state index is -0.456. The van der Waals surface area contributed by atoms with Gasteiger partial charge in [-0.2, -0.15) is 10.5 Å². The van der Waals surface area contributed by atoms with Crippen LogP contribution in [-0.4, -0.2) is 5.91 Å². The Kier molecular flexibility index (Phi) is 7.64. The Morgan fingerprint density at radius 2 is 1.31 bits per heavy atom. The lowest BCUT2D eigenvalue weighted by Crippen LogP contribution is -2.12. The number of hydrogen-bond donors (Lipinski definition) is 2. The van der Waals surface area contributed by atoms with Gasteiger partial charge in [-0.05, 0) is 36.4 Å². The molecule has 5 nitrogen and oxygen atoms in total. The first kappa shape index (κ1) is 24.3. The Hall–Kier alpha value is -2.35. The molecule has 0 atom stereocenters. The van der Waals surface area contributed by atoms with Crippen molar-refractivity contribution in [2.45, 2.75) is 0 Å². The second kappa shape index (κ2) is 10.1. The van der Waals surface area contributed by atoms with Gasteiger partial charge < -0.3 is 10.6 Å². The summed E-state index contributed by atoms with van der Waals surface area (Å²) in [5.41, 5.74) is 0.641. The fourth-order valence-corrected chi connectivity index (χ4v) is 4.16. The van der Waals surface area contributed by atoms with Gasteiger partial charge in [0.25, 0.3) is 5.91 Å². The maximum Gasteiger partial charge on any atom is 0.255 e. The summed E-state index contributed by atoms with van der Waals surface area (Å²) in [7, 11) is 0. The Morgan fingerprint density at radius 1 is 0.750 bits per heavy atom. The normalized spacial score (nSPS) is 10.2. The van der Waals surface area contributed by atoms with Crippen molar-refractivity contribution < 1.29 is 4.79 Å². The van der Waals surface area contributed by atoms with E-state index in [-0.39, 0.29) is 53.2 Å². The summed E-state index contributed by atoms with van der Waals surface area (Å²) in [6.07, 6.45) is 0. The van der Waals surface area contributed by atoms with E-state index < -0.39 is 5.91 Å². The molecule has 3 aromatic carbocycles. The summed E-state index contributed by atoms with van der Waals surface area (Å²) in [6.45, 7) is 0. The molecule has 0 aromatic heterocycles. The standard InChI is InChI=1S/C21H8Cl6N4O/c22-10-1-3-11(4-2-10)30-21(32)9-5-14(23)20(15(24)6-9)31-19-13(8-29)16(25)12(7-28)17(26)18(19)27/h1-6,31H,(H,30,32). The van der Waals surface area contributed by atoms with Crippen molar-refractivity contribution in [1.82, 2.24) is 0 Å². The number of amides is 1. The van der Waals surface area contributed by atoms with E-state index in [2.05, 4.69) is 10.6 Å². The molecule has 0 radical (unpaired) electrons. The average molecular weight is 545 g/mol. The first-order valence-corrected chi connectivity index (χ1v) is 10.8. The van der Waals surface area contributed by atoms with Crippen LogP contribution in [0.15, 0.2) is 36.4 Å². The van der Waals surface area contributed by atoms with Crippen LogP contribution in [0, 0.1) is 22.7 Å². The Morgan fingerprint density at radius 3 is 1.84 bits per heavy atom. The van der Waals surface area contributed by atoms with E-state index in [0.29, 0.717) is 10.7 Å². The Labute approximate surface area is 213 Å². The second-order valence-corrected chi connectivity index (χ2v) is 8.58. The lowest BCUT2D eigenvalue weighted by molar-refractivity contribution is 0.102. The number of benzene rings is 3. The largest absolute Gasteiger partial charge is 0.351 e. The summed E-state index contributed by atoms with van der Waals surface area (Å²) in [6, 6.07) is 13.0. The number of carbonyl (C=O) groups excluding carboxylic acids is 1. The number of nitrogens with zero attached hydrogens (tertiary/aromatic N) is 2. The summed E-state index contributed by atoms with van der Waals surface area (Å²) < 4.78 is 0. The zero-order chi connectivity index (χ0) is 23.6. The van der Waals surface area contributed by atoms with E-state index in [4.69, 9.17) is 69.6 Å². The van der Waals surface area contributed by atoms with E-state index in [0.717, 1.165) is 0 Å². The van der Waals surface area contributed by atoms with E-state index in [1.54, 1.807) is 30.3 Å². The van der Waals surface area contributed by atoms with Crippen LogP contribution in [-0.2, 0) is 0 Å². The molecule has 2 N–H and O–H groups in total. The van der Waals surface area contributed by atoms with Gasteiger partial charge in [0.15, 0.2) is 0 Å². The number of nitriles is 2. The van der Waals surface area contributed by atoms with Gasteiger partial charge in [-0.15, -0.1) is 0 Å². The molecule has 0 aliphatic carbocycles. The fraction of sp³-hybridized carbons (Fsp3) is 0. The van der Waals surface area contributed by atoms with Crippen molar-refractivity contribution in [3.63, 3.8) is 0 Å². The highest BCUT2D eigenvalue weighted by molar-refractivity contribution is 6.47. The molecule has 0 unspecified atom stereocenters. The fourth-order valence-electron chi connectivity index (χ4n) is 2.67. The minimum absolute atomic E-state index is 0.0188. The highest BCUT2D eigenvalue weighted by atomic mass is 35.5. The minimum Gasteiger partial charge on any atom is -0.351 e. The third-order valence-corrected chi connectivity index (χ3v) is 6.28. The van der Waals surface area contributed by atoms with Crippen LogP contribution in [0.1, 0.15) is 21.5 Å². The smallest absolute Gasteiger partial charge is 0.255 e. The number of rotatable bonds is 4. The van der Waals surface area contributed by atoms with Crippen molar-refractivity contribution in [1.29, 1.82) is 10.5 Å². The first-order valence-electron chi connectivity index (χ1n) is 8.51. The molecule has 160 valence electrons. The molecule has 0 aliphatic heterocycles. The molecule has 0 saturated heterocycles. The number of nitrogens with one attached hydrogen (secondary N) is 2. The molecular weight excluding hydrogens is 537 g/mol. The molecular formula is C21H8Cl6N4O. The van der Waals surface area contributed by atoms with Crippen molar-refractivity contribution in [2.75, 3.05) is 10.6 Å². The number of anilines is 3. The topological polar surface area (TPSA) is 88.7 Å². The Bertz CT molecular complexity index is 1300. The molecule has 0 fully saturated rings. The van der Waals surface area contributed by atoms with Crippen LogP contribution in [0.5, 0.6) is 0 Å². The molecule has 32 heavy (non-hydrogen) atoms. The molecule has 1 amide bonds. The van der Waals surface area contributed by atoms with Crippen LogP contribution in [0.4, 0.5) is 17.1 Å². The maximum atomic E-state index is 12.6. The van der Waals surface area contributed by atoms with Gasteiger partial charge in [0.05, 0.1) is 47.6 Å². The maximum absolute atomic E-state index is 12.6. The van der Waals surface area contributed by atoms with Crippen LogP contribution in [0.25, 0.3) is 0 Å². The molecule has 0 spiro atoms. The van der Waals surface area contributed by atoms with Gasteiger partial charge in [0, 0.05) is 16.3 Å². The van der Waals surface area contributed by atoms with Crippen LogP contribution in [0.3, 0.4) is 0 Å². The third-order valence-electron chi connectivity index (χ3n) is 4.20. The van der Waals surface area contributed by atoms with Gasteiger partial charge >= 0.3 is 0 Å². The average Bonchev–Trinajstić information content (AvgIpc) is 2.76. The van der Waals surface area contributed by atoms with E-state index in [1.165, 1.54) is 12.1 Å². The highest BCUT2D eigenvalue weighted by Crippen LogP contribution is 2.44. The van der Waals surface area contributed by atoms with Crippen molar-refractivity contribution in [3.8, 4) is 12.1 Å². The zero-order valence-electron chi connectivity index (χ0n) is 15.5.